The minimum absolute atomic E-state index is 0.212. The molecule has 1 aromatic carbocycles. The van der Waals surface area contributed by atoms with Gasteiger partial charge in [-0.05, 0) is 46.3 Å². The van der Waals surface area contributed by atoms with Gasteiger partial charge in [-0.2, -0.15) is 0 Å². The molecule has 0 unspecified atom stereocenters. The number of anilines is 2. The lowest BCUT2D eigenvalue weighted by atomic mass is 10.2. The number of benzene rings is 1. The topological polar surface area (TPSA) is 66.9 Å². The Bertz CT molecular complexity index is 839. The molecule has 6 heteroatoms. The SMILES string of the molecule is O=C(Nc1ccccc1Br)c1cncc(NCc2ccccn2)c1. The van der Waals surface area contributed by atoms with Crippen LogP contribution in [0.5, 0.6) is 0 Å². The van der Waals surface area contributed by atoms with Gasteiger partial charge >= 0.3 is 0 Å². The van der Waals surface area contributed by atoms with Crippen molar-refractivity contribution in [3.05, 3.63) is 82.9 Å². The van der Waals surface area contributed by atoms with Crippen molar-refractivity contribution in [2.75, 3.05) is 10.6 Å². The molecule has 0 aliphatic rings. The predicted octanol–water partition coefficient (Wildman–Crippen LogP) is 4.10. The molecule has 2 aromatic heterocycles. The molecule has 3 aromatic rings. The van der Waals surface area contributed by atoms with Gasteiger partial charge in [0.05, 0.1) is 29.2 Å². The molecule has 0 bridgehead atoms. The van der Waals surface area contributed by atoms with E-state index in [2.05, 4.69) is 36.5 Å². The van der Waals surface area contributed by atoms with Crippen molar-refractivity contribution in [3.8, 4) is 0 Å². The van der Waals surface area contributed by atoms with Crippen LogP contribution in [0, 0.1) is 0 Å². The van der Waals surface area contributed by atoms with Gasteiger partial charge in [0.1, 0.15) is 0 Å². The van der Waals surface area contributed by atoms with Gasteiger partial charge in [0, 0.05) is 23.1 Å². The number of para-hydroxylation sites is 1. The maximum absolute atomic E-state index is 12.4. The number of carbonyl (C=O) groups is 1. The zero-order valence-electron chi connectivity index (χ0n) is 12.7. The van der Waals surface area contributed by atoms with Crippen LogP contribution >= 0.6 is 15.9 Å². The largest absolute Gasteiger partial charge is 0.378 e. The quantitative estimate of drug-likeness (QED) is 0.696. The highest BCUT2D eigenvalue weighted by Gasteiger charge is 2.09. The minimum Gasteiger partial charge on any atom is -0.378 e. The summed E-state index contributed by atoms with van der Waals surface area (Å²) in [6.45, 7) is 0.567. The van der Waals surface area contributed by atoms with Crippen LogP contribution in [-0.4, -0.2) is 15.9 Å². The van der Waals surface area contributed by atoms with Crippen molar-refractivity contribution in [1.82, 2.24) is 9.97 Å². The summed E-state index contributed by atoms with van der Waals surface area (Å²) in [5.74, 6) is -0.212. The number of rotatable bonds is 5. The van der Waals surface area contributed by atoms with Crippen LogP contribution in [0.15, 0.2) is 71.6 Å². The number of carbonyl (C=O) groups excluding carboxylic acids is 1. The monoisotopic (exact) mass is 382 g/mol. The fourth-order valence-electron chi connectivity index (χ4n) is 2.11. The molecule has 3 rings (SSSR count). The number of nitrogens with one attached hydrogen (secondary N) is 2. The van der Waals surface area contributed by atoms with E-state index in [-0.39, 0.29) is 5.91 Å². The maximum Gasteiger partial charge on any atom is 0.257 e. The van der Waals surface area contributed by atoms with Gasteiger partial charge in [-0.3, -0.25) is 14.8 Å². The van der Waals surface area contributed by atoms with E-state index >= 15 is 0 Å². The average Bonchev–Trinajstić information content (AvgIpc) is 2.63. The lowest BCUT2D eigenvalue weighted by molar-refractivity contribution is 0.102. The number of aromatic nitrogens is 2. The van der Waals surface area contributed by atoms with Crippen LogP contribution in [0.25, 0.3) is 0 Å². The second-order valence-electron chi connectivity index (χ2n) is 5.07. The smallest absolute Gasteiger partial charge is 0.257 e. The zero-order chi connectivity index (χ0) is 16.8. The number of amides is 1. The molecule has 0 fully saturated rings. The summed E-state index contributed by atoms with van der Waals surface area (Å²) >= 11 is 3.41. The number of hydrogen-bond donors (Lipinski definition) is 2. The van der Waals surface area contributed by atoms with Gasteiger partial charge in [-0.25, -0.2) is 0 Å². The van der Waals surface area contributed by atoms with Crippen LogP contribution in [0.4, 0.5) is 11.4 Å². The van der Waals surface area contributed by atoms with Gasteiger partial charge in [0.25, 0.3) is 5.91 Å². The molecule has 0 spiro atoms. The molecule has 2 N–H and O–H groups in total. The summed E-state index contributed by atoms with van der Waals surface area (Å²) < 4.78 is 0.829. The fourth-order valence-corrected chi connectivity index (χ4v) is 2.50. The predicted molar refractivity (Wildman–Crippen MR) is 97.9 cm³/mol. The molecule has 2 heterocycles. The summed E-state index contributed by atoms with van der Waals surface area (Å²) in [6, 6.07) is 15.0. The van der Waals surface area contributed by atoms with Gasteiger partial charge in [0.2, 0.25) is 0 Å². The Hall–Kier alpha value is -2.73. The highest BCUT2D eigenvalue weighted by molar-refractivity contribution is 9.10. The van der Waals surface area contributed by atoms with E-state index in [1.807, 2.05) is 42.5 Å². The summed E-state index contributed by atoms with van der Waals surface area (Å²) in [5.41, 5.74) is 2.88. The normalized spacial score (nSPS) is 10.2. The zero-order valence-corrected chi connectivity index (χ0v) is 14.3. The third kappa shape index (κ3) is 4.17. The van der Waals surface area contributed by atoms with E-state index in [0.29, 0.717) is 17.8 Å². The summed E-state index contributed by atoms with van der Waals surface area (Å²) in [7, 11) is 0. The molecule has 0 saturated carbocycles. The summed E-state index contributed by atoms with van der Waals surface area (Å²) in [6.07, 6.45) is 4.97. The molecule has 0 saturated heterocycles. The van der Waals surface area contributed by atoms with Gasteiger partial charge in [-0.15, -0.1) is 0 Å². The van der Waals surface area contributed by atoms with Crippen molar-refractivity contribution in [1.29, 1.82) is 0 Å². The Morgan fingerprint density at radius 3 is 2.71 bits per heavy atom. The molecule has 24 heavy (non-hydrogen) atoms. The van der Waals surface area contributed by atoms with E-state index in [1.165, 1.54) is 6.20 Å². The van der Waals surface area contributed by atoms with Gasteiger partial charge in [0.15, 0.2) is 0 Å². The first-order valence-electron chi connectivity index (χ1n) is 7.37. The van der Waals surface area contributed by atoms with Crippen molar-refractivity contribution < 1.29 is 4.79 Å². The first-order chi connectivity index (χ1) is 11.7. The van der Waals surface area contributed by atoms with E-state index in [9.17, 15) is 4.79 Å². The van der Waals surface area contributed by atoms with Crippen molar-refractivity contribution in [2.24, 2.45) is 0 Å². The third-order valence-electron chi connectivity index (χ3n) is 3.32. The molecule has 0 aliphatic carbocycles. The number of hydrogen-bond acceptors (Lipinski definition) is 4. The van der Waals surface area contributed by atoms with E-state index in [4.69, 9.17) is 0 Å². The highest BCUT2D eigenvalue weighted by atomic mass is 79.9. The number of pyridine rings is 2. The third-order valence-corrected chi connectivity index (χ3v) is 4.01. The Morgan fingerprint density at radius 2 is 1.92 bits per heavy atom. The van der Waals surface area contributed by atoms with Crippen LogP contribution < -0.4 is 10.6 Å². The number of nitrogens with zero attached hydrogens (tertiary/aromatic N) is 2. The second-order valence-corrected chi connectivity index (χ2v) is 5.93. The Kier molecular flexibility index (Phi) is 5.18. The van der Waals surface area contributed by atoms with E-state index in [0.717, 1.165) is 15.9 Å². The van der Waals surface area contributed by atoms with Crippen LogP contribution in [0.1, 0.15) is 16.1 Å². The van der Waals surface area contributed by atoms with Crippen molar-refractivity contribution in [3.63, 3.8) is 0 Å². The van der Waals surface area contributed by atoms with Crippen LogP contribution in [-0.2, 0) is 6.54 Å². The molecule has 5 nitrogen and oxygen atoms in total. The average molecular weight is 383 g/mol. The lowest BCUT2D eigenvalue weighted by Gasteiger charge is -2.09. The Labute approximate surface area is 148 Å². The van der Waals surface area contributed by atoms with Crippen molar-refractivity contribution in [2.45, 2.75) is 6.54 Å². The van der Waals surface area contributed by atoms with Crippen molar-refractivity contribution >= 4 is 33.2 Å². The summed E-state index contributed by atoms with van der Waals surface area (Å²) in [5, 5.41) is 6.08. The molecule has 120 valence electrons. The molecule has 0 radical (unpaired) electrons. The molecule has 0 aliphatic heterocycles. The molecule has 0 atom stereocenters. The summed E-state index contributed by atoms with van der Waals surface area (Å²) in [4.78, 5) is 20.8. The van der Waals surface area contributed by atoms with Gasteiger partial charge in [-0.1, -0.05) is 18.2 Å². The van der Waals surface area contributed by atoms with E-state index < -0.39 is 0 Å². The standard InChI is InChI=1S/C18H15BrN4O/c19-16-6-1-2-7-17(16)23-18(24)13-9-15(11-20-10-13)22-12-14-5-3-4-8-21-14/h1-11,22H,12H2,(H,23,24). The first kappa shape index (κ1) is 16.1. The van der Waals surface area contributed by atoms with Gasteiger partial charge < -0.3 is 10.6 Å². The Morgan fingerprint density at radius 1 is 1.08 bits per heavy atom. The van der Waals surface area contributed by atoms with E-state index in [1.54, 1.807) is 18.5 Å². The van der Waals surface area contributed by atoms with Crippen LogP contribution in [0.3, 0.4) is 0 Å². The lowest BCUT2D eigenvalue weighted by Crippen LogP contribution is -2.13. The van der Waals surface area contributed by atoms with Crippen LogP contribution in [0.2, 0.25) is 0 Å². The fraction of sp³-hybridized carbons (Fsp3) is 0.0556. The number of halogens is 1. The Balaban J connectivity index is 1.68. The first-order valence-corrected chi connectivity index (χ1v) is 8.16. The molecular weight excluding hydrogens is 368 g/mol. The molecule has 1 amide bonds. The maximum atomic E-state index is 12.4. The highest BCUT2D eigenvalue weighted by Crippen LogP contribution is 2.22. The second kappa shape index (κ2) is 7.70. The minimum atomic E-state index is -0.212. The molecular formula is C18H15BrN4O.